The van der Waals surface area contributed by atoms with Gasteiger partial charge in [-0.3, -0.25) is 4.79 Å². The van der Waals surface area contributed by atoms with Crippen molar-refractivity contribution in [3.8, 4) is 11.1 Å². The minimum absolute atomic E-state index is 0.582. The summed E-state index contributed by atoms with van der Waals surface area (Å²) in [6.45, 7) is 0. The SMILES string of the molecule is Cn1ccc2ccc(-c3ccc([C]=O)cc3)cc21. The molecule has 87 valence electrons. The number of benzene rings is 2. The largest absolute Gasteiger partial charge is 0.351 e. The molecule has 1 heterocycles. The van der Waals surface area contributed by atoms with E-state index in [1.54, 1.807) is 12.1 Å². The number of hydrogen-bond donors (Lipinski definition) is 0. The highest BCUT2D eigenvalue weighted by Gasteiger charge is 2.02. The molecule has 0 fully saturated rings. The van der Waals surface area contributed by atoms with Crippen LogP contribution < -0.4 is 0 Å². The zero-order valence-electron chi connectivity index (χ0n) is 10.1. The van der Waals surface area contributed by atoms with Crippen LogP contribution in [0.2, 0.25) is 0 Å². The first-order valence-electron chi connectivity index (χ1n) is 5.81. The molecule has 0 aliphatic rings. The van der Waals surface area contributed by atoms with E-state index in [-0.39, 0.29) is 0 Å². The van der Waals surface area contributed by atoms with E-state index in [0.717, 1.165) is 11.1 Å². The Morgan fingerprint density at radius 1 is 0.944 bits per heavy atom. The molecule has 2 aromatic carbocycles. The summed E-state index contributed by atoms with van der Waals surface area (Å²) in [4.78, 5) is 10.5. The third-order valence-corrected chi connectivity index (χ3v) is 3.22. The number of nitrogens with zero attached hydrogens (tertiary/aromatic N) is 1. The number of carbonyl (C=O) groups excluding carboxylic acids is 1. The van der Waals surface area contributed by atoms with E-state index >= 15 is 0 Å². The Morgan fingerprint density at radius 3 is 2.39 bits per heavy atom. The van der Waals surface area contributed by atoms with Gasteiger partial charge in [-0.25, -0.2) is 0 Å². The zero-order chi connectivity index (χ0) is 12.5. The Bertz CT molecular complexity index is 708. The van der Waals surface area contributed by atoms with Crippen molar-refractivity contribution in [1.29, 1.82) is 0 Å². The lowest BCUT2D eigenvalue weighted by Gasteiger charge is -2.03. The van der Waals surface area contributed by atoms with E-state index in [2.05, 4.69) is 35.0 Å². The highest BCUT2D eigenvalue weighted by molar-refractivity contribution is 5.86. The molecule has 1 radical (unpaired) electrons. The molecule has 0 saturated heterocycles. The molecule has 2 heteroatoms. The monoisotopic (exact) mass is 234 g/mol. The first kappa shape index (κ1) is 10.8. The molecular formula is C16H12NO. The normalized spacial score (nSPS) is 10.7. The van der Waals surface area contributed by atoms with Crippen molar-refractivity contribution in [2.24, 2.45) is 7.05 Å². The van der Waals surface area contributed by atoms with Gasteiger partial charge in [-0.15, -0.1) is 0 Å². The molecular weight excluding hydrogens is 222 g/mol. The minimum Gasteiger partial charge on any atom is -0.351 e. The quantitative estimate of drug-likeness (QED) is 0.666. The van der Waals surface area contributed by atoms with Crippen LogP contribution in [0.1, 0.15) is 5.56 Å². The van der Waals surface area contributed by atoms with Crippen molar-refractivity contribution >= 4 is 17.2 Å². The summed E-state index contributed by atoms with van der Waals surface area (Å²) in [6.07, 6.45) is 3.94. The number of aromatic nitrogens is 1. The van der Waals surface area contributed by atoms with Gasteiger partial charge in [0.05, 0.1) is 0 Å². The fourth-order valence-electron chi connectivity index (χ4n) is 2.17. The molecule has 0 spiro atoms. The Morgan fingerprint density at radius 2 is 1.67 bits per heavy atom. The summed E-state index contributed by atoms with van der Waals surface area (Å²) in [5.74, 6) is 0. The van der Waals surface area contributed by atoms with Gasteiger partial charge in [0.1, 0.15) is 0 Å². The van der Waals surface area contributed by atoms with E-state index in [4.69, 9.17) is 0 Å². The van der Waals surface area contributed by atoms with Crippen LogP contribution in [0.4, 0.5) is 0 Å². The molecule has 0 bridgehead atoms. The number of rotatable bonds is 2. The maximum Gasteiger partial charge on any atom is 0.233 e. The van der Waals surface area contributed by atoms with Crippen LogP contribution in [0.15, 0.2) is 54.7 Å². The average Bonchev–Trinajstić information content (AvgIpc) is 2.80. The third kappa shape index (κ3) is 1.72. The molecule has 18 heavy (non-hydrogen) atoms. The third-order valence-electron chi connectivity index (χ3n) is 3.22. The fraction of sp³-hybridized carbons (Fsp3) is 0.0625. The molecule has 0 amide bonds. The zero-order valence-corrected chi connectivity index (χ0v) is 10.1. The fourth-order valence-corrected chi connectivity index (χ4v) is 2.17. The lowest BCUT2D eigenvalue weighted by molar-refractivity contribution is 0.563. The smallest absolute Gasteiger partial charge is 0.233 e. The van der Waals surface area contributed by atoms with Crippen LogP contribution in [0.5, 0.6) is 0 Å². The Kier molecular flexibility index (Phi) is 2.49. The maximum absolute atomic E-state index is 10.5. The first-order valence-corrected chi connectivity index (χ1v) is 5.81. The molecule has 1 aromatic heterocycles. The molecule has 2 nitrogen and oxygen atoms in total. The molecule has 0 aliphatic carbocycles. The van der Waals surface area contributed by atoms with E-state index in [0.29, 0.717) is 5.56 Å². The highest BCUT2D eigenvalue weighted by Crippen LogP contribution is 2.24. The first-order chi connectivity index (χ1) is 8.78. The van der Waals surface area contributed by atoms with E-state index in [1.807, 2.05) is 25.5 Å². The van der Waals surface area contributed by atoms with Gasteiger partial charge in [0.25, 0.3) is 0 Å². The van der Waals surface area contributed by atoms with Crippen LogP contribution in [0, 0.1) is 0 Å². The summed E-state index contributed by atoms with van der Waals surface area (Å²) in [7, 11) is 2.04. The van der Waals surface area contributed by atoms with E-state index in [1.165, 1.54) is 10.9 Å². The van der Waals surface area contributed by atoms with Gasteiger partial charge in [0.15, 0.2) is 0 Å². The molecule has 0 unspecified atom stereocenters. The van der Waals surface area contributed by atoms with Crippen LogP contribution in [0.25, 0.3) is 22.0 Å². The number of hydrogen-bond acceptors (Lipinski definition) is 1. The van der Waals surface area contributed by atoms with Gasteiger partial charge < -0.3 is 4.57 Å². The van der Waals surface area contributed by atoms with Gasteiger partial charge in [-0.2, -0.15) is 0 Å². The number of aryl methyl sites for hydroxylation is 1. The van der Waals surface area contributed by atoms with Gasteiger partial charge in [-0.05, 0) is 28.6 Å². The summed E-state index contributed by atoms with van der Waals surface area (Å²) in [5, 5.41) is 1.24. The molecule has 0 saturated carbocycles. The maximum atomic E-state index is 10.5. The lowest BCUT2D eigenvalue weighted by Crippen LogP contribution is -1.85. The topological polar surface area (TPSA) is 22.0 Å². The van der Waals surface area contributed by atoms with Crippen molar-refractivity contribution < 1.29 is 4.79 Å². The molecule has 0 N–H and O–H groups in total. The molecule has 3 aromatic rings. The van der Waals surface area contributed by atoms with Crippen LogP contribution in [-0.2, 0) is 11.8 Å². The summed E-state index contributed by atoms with van der Waals surface area (Å²) in [6, 6.07) is 16.0. The number of fused-ring (bicyclic) bond motifs is 1. The van der Waals surface area contributed by atoms with Gasteiger partial charge in [0.2, 0.25) is 6.29 Å². The van der Waals surface area contributed by atoms with Crippen molar-refractivity contribution in [1.82, 2.24) is 4.57 Å². The van der Waals surface area contributed by atoms with Crippen LogP contribution in [-0.4, -0.2) is 10.9 Å². The predicted octanol–water partition coefficient (Wildman–Crippen LogP) is 3.30. The lowest BCUT2D eigenvalue weighted by atomic mass is 10.0. The second-order valence-electron chi connectivity index (χ2n) is 4.38. The standard InChI is InChI=1S/C16H12NO/c1-17-9-8-14-6-7-15(10-16(14)17)13-4-2-12(11-18)3-5-13/h2-10H,1H3. The van der Waals surface area contributed by atoms with Gasteiger partial charge in [0, 0.05) is 24.3 Å². The molecule has 0 atom stereocenters. The summed E-state index contributed by atoms with van der Waals surface area (Å²) >= 11 is 0. The summed E-state index contributed by atoms with van der Waals surface area (Å²) < 4.78 is 2.10. The second-order valence-corrected chi connectivity index (χ2v) is 4.38. The van der Waals surface area contributed by atoms with E-state index < -0.39 is 0 Å². The summed E-state index contributed by atoms with van der Waals surface area (Å²) in [5.41, 5.74) is 4.05. The minimum atomic E-state index is 0.582. The van der Waals surface area contributed by atoms with Crippen molar-refractivity contribution in [3.63, 3.8) is 0 Å². The average molecular weight is 234 g/mol. The van der Waals surface area contributed by atoms with Crippen LogP contribution in [0.3, 0.4) is 0 Å². The van der Waals surface area contributed by atoms with Crippen molar-refractivity contribution in [2.45, 2.75) is 0 Å². The Hall–Kier alpha value is -2.35. The molecule has 0 aliphatic heterocycles. The predicted molar refractivity (Wildman–Crippen MR) is 73.2 cm³/mol. The van der Waals surface area contributed by atoms with Gasteiger partial charge in [-0.1, -0.05) is 36.4 Å². The van der Waals surface area contributed by atoms with Crippen molar-refractivity contribution in [3.05, 3.63) is 60.3 Å². The van der Waals surface area contributed by atoms with Gasteiger partial charge >= 0.3 is 0 Å². The van der Waals surface area contributed by atoms with E-state index in [9.17, 15) is 4.79 Å². The molecule has 3 rings (SSSR count). The Labute approximate surface area is 105 Å². The highest BCUT2D eigenvalue weighted by atomic mass is 16.1. The Balaban J connectivity index is 2.12. The second kappa shape index (κ2) is 4.15. The van der Waals surface area contributed by atoms with Crippen molar-refractivity contribution in [2.75, 3.05) is 0 Å². The van der Waals surface area contributed by atoms with Crippen LogP contribution >= 0.6 is 0 Å².